The van der Waals surface area contributed by atoms with Crippen molar-refractivity contribution < 1.29 is 47.3 Å². The summed E-state index contributed by atoms with van der Waals surface area (Å²) in [5, 5.41) is 0. The molecule has 0 aromatic carbocycles. The van der Waals surface area contributed by atoms with E-state index in [-0.39, 0.29) is 41.2 Å². The third-order valence-corrected chi connectivity index (χ3v) is 6.79. The smallest absolute Gasteiger partial charge is 0.748 e. The maximum atomic E-state index is 12.0. The van der Waals surface area contributed by atoms with Gasteiger partial charge in [0, 0.05) is 19.3 Å². The molecule has 0 rings (SSSR count). The van der Waals surface area contributed by atoms with Crippen LogP contribution in [0.1, 0.15) is 129 Å². The van der Waals surface area contributed by atoms with Crippen LogP contribution in [0.15, 0.2) is 12.2 Å². The summed E-state index contributed by atoms with van der Waals surface area (Å²) in [5.74, 6) is -0.420. The summed E-state index contributed by atoms with van der Waals surface area (Å²) in [5.41, 5.74) is 0. The molecule has 0 saturated carbocycles. The Bertz CT molecular complexity index is 567. The van der Waals surface area contributed by atoms with Gasteiger partial charge in [-0.2, -0.15) is 0 Å². The summed E-state index contributed by atoms with van der Waals surface area (Å²) >= 11 is 0. The van der Waals surface area contributed by atoms with E-state index in [9.17, 15) is 17.8 Å². The second-order valence-corrected chi connectivity index (χ2v) is 10.7. The van der Waals surface area contributed by atoms with Crippen molar-refractivity contribution in [2.75, 3.05) is 19.3 Å². The van der Waals surface area contributed by atoms with Gasteiger partial charge in [0.25, 0.3) is 0 Å². The fourth-order valence-corrected chi connectivity index (χ4v) is 4.42. The number of hydrogen-bond donors (Lipinski definition) is 0. The molecule has 0 aliphatic rings. The Balaban J connectivity index is 0. The standard InChI is InChI=1S/C26H51NO4S.Na/c1-3-4-5-6-7-8-9-10-11-12-13-14-15-16-17-18-19-20-23-26(28)27(2)24-21-22-25-32(29,30)31;/h20,23H,3-19,21-22,24-25H2,1-2H3,(H,29,30,31);/q;+1/p-1/b23-20+;. The van der Waals surface area contributed by atoms with E-state index in [1.54, 1.807) is 18.0 Å². The Hall–Kier alpha value is 0.120. The zero-order valence-electron chi connectivity index (χ0n) is 22.0. The monoisotopic (exact) mass is 495 g/mol. The summed E-state index contributed by atoms with van der Waals surface area (Å²) in [6.45, 7) is 2.74. The van der Waals surface area contributed by atoms with Gasteiger partial charge in [0.15, 0.2) is 0 Å². The zero-order valence-corrected chi connectivity index (χ0v) is 24.8. The molecule has 0 spiro atoms. The molecule has 5 nitrogen and oxygen atoms in total. The molecular formula is C26H50NNaO4S. The van der Waals surface area contributed by atoms with E-state index < -0.39 is 10.1 Å². The largest absolute Gasteiger partial charge is 1.00 e. The summed E-state index contributed by atoms with van der Waals surface area (Å²) in [6, 6.07) is 0. The van der Waals surface area contributed by atoms with Crippen LogP contribution in [-0.4, -0.2) is 43.1 Å². The van der Waals surface area contributed by atoms with Gasteiger partial charge in [-0.05, 0) is 31.8 Å². The van der Waals surface area contributed by atoms with Crippen LogP contribution in [0.3, 0.4) is 0 Å². The third-order valence-electron chi connectivity index (χ3n) is 6.00. The minimum Gasteiger partial charge on any atom is -0.748 e. The van der Waals surface area contributed by atoms with Gasteiger partial charge in [-0.3, -0.25) is 4.79 Å². The third kappa shape index (κ3) is 28.2. The molecule has 0 bridgehead atoms. The summed E-state index contributed by atoms with van der Waals surface area (Å²) in [4.78, 5) is 13.5. The zero-order chi connectivity index (χ0) is 23.9. The Morgan fingerprint density at radius 1 is 0.727 bits per heavy atom. The van der Waals surface area contributed by atoms with E-state index in [1.807, 2.05) is 6.08 Å². The Kier molecular flexibility index (Phi) is 27.0. The molecular weight excluding hydrogens is 445 g/mol. The summed E-state index contributed by atoms with van der Waals surface area (Å²) < 4.78 is 31.7. The van der Waals surface area contributed by atoms with Crippen LogP contribution in [0, 0.1) is 0 Å². The summed E-state index contributed by atoms with van der Waals surface area (Å²) in [6.07, 6.45) is 27.0. The fraction of sp³-hybridized carbons (Fsp3) is 0.885. The minimum atomic E-state index is -4.15. The van der Waals surface area contributed by atoms with Crippen LogP contribution in [0.25, 0.3) is 0 Å². The number of allylic oxidation sites excluding steroid dienone is 1. The SMILES string of the molecule is CCCCCCCCCCCCCCCCCC/C=C/C(=O)N(C)CCCCS(=O)(=O)[O-].[Na+]. The number of hydrogen-bond acceptors (Lipinski definition) is 4. The molecule has 0 atom stereocenters. The number of unbranched alkanes of at least 4 members (excludes halogenated alkanes) is 17. The maximum absolute atomic E-state index is 12.0. The van der Waals surface area contributed by atoms with Gasteiger partial charge in [-0.15, -0.1) is 0 Å². The van der Waals surface area contributed by atoms with E-state index in [0.29, 0.717) is 19.4 Å². The van der Waals surface area contributed by atoms with Gasteiger partial charge < -0.3 is 9.45 Å². The van der Waals surface area contributed by atoms with Gasteiger partial charge in [0.2, 0.25) is 5.91 Å². The molecule has 0 unspecified atom stereocenters. The summed E-state index contributed by atoms with van der Waals surface area (Å²) in [7, 11) is -2.45. The molecule has 0 aliphatic carbocycles. The topological polar surface area (TPSA) is 77.5 Å². The van der Waals surface area contributed by atoms with Crippen molar-refractivity contribution in [1.29, 1.82) is 0 Å². The molecule has 0 radical (unpaired) electrons. The molecule has 1 amide bonds. The number of amides is 1. The molecule has 0 N–H and O–H groups in total. The van der Waals surface area contributed by atoms with Crippen LogP contribution in [0.4, 0.5) is 0 Å². The first-order valence-electron chi connectivity index (χ1n) is 13.2. The molecule has 0 fully saturated rings. The van der Waals surface area contributed by atoms with Crippen molar-refractivity contribution in [3.8, 4) is 0 Å². The quantitative estimate of drug-likeness (QED) is 0.0930. The van der Waals surface area contributed by atoms with E-state index >= 15 is 0 Å². The van der Waals surface area contributed by atoms with Crippen LogP contribution in [-0.2, 0) is 14.9 Å². The van der Waals surface area contributed by atoms with Crippen molar-refractivity contribution in [1.82, 2.24) is 4.90 Å². The minimum absolute atomic E-state index is 0. The fourth-order valence-electron chi connectivity index (χ4n) is 3.86. The van der Waals surface area contributed by atoms with E-state index in [4.69, 9.17) is 0 Å². The van der Waals surface area contributed by atoms with Crippen LogP contribution in [0.2, 0.25) is 0 Å². The van der Waals surface area contributed by atoms with E-state index in [1.165, 1.54) is 96.3 Å². The molecule has 0 aromatic rings. The first kappa shape index (κ1) is 35.3. The van der Waals surface area contributed by atoms with Crippen molar-refractivity contribution in [3.63, 3.8) is 0 Å². The molecule has 0 aromatic heterocycles. The number of likely N-dealkylation sites (N-methyl/N-ethyl adjacent to an activating group) is 1. The maximum Gasteiger partial charge on any atom is 1.00 e. The molecule has 7 heteroatoms. The van der Waals surface area contributed by atoms with Crippen LogP contribution >= 0.6 is 0 Å². The number of nitrogens with zero attached hydrogens (tertiary/aromatic N) is 1. The number of rotatable bonds is 23. The first-order chi connectivity index (χ1) is 15.4. The normalized spacial score (nSPS) is 11.6. The number of carbonyl (C=O) groups is 1. The van der Waals surface area contributed by atoms with Gasteiger partial charge in [-0.25, -0.2) is 8.42 Å². The number of carbonyl (C=O) groups excluding carboxylic acids is 1. The second-order valence-electron chi connectivity index (χ2n) is 9.22. The predicted molar refractivity (Wildman–Crippen MR) is 135 cm³/mol. The second kappa shape index (κ2) is 25.2. The van der Waals surface area contributed by atoms with Gasteiger partial charge >= 0.3 is 29.6 Å². The van der Waals surface area contributed by atoms with Gasteiger partial charge in [-0.1, -0.05) is 109 Å². The van der Waals surface area contributed by atoms with E-state index in [0.717, 1.165) is 12.8 Å². The molecule has 33 heavy (non-hydrogen) atoms. The first-order valence-corrected chi connectivity index (χ1v) is 14.8. The van der Waals surface area contributed by atoms with Crippen LogP contribution < -0.4 is 29.6 Å². The van der Waals surface area contributed by atoms with E-state index in [2.05, 4.69) is 6.92 Å². The molecule has 0 heterocycles. The molecule has 0 aliphatic heterocycles. The van der Waals surface area contributed by atoms with Crippen molar-refractivity contribution >= 4 is 16.0 Å². The Morgan fingerprint density at radius 3 is 1.58 bits per heavy atom. The average molecular weight is 496 g/mol. The Labute approximate surface area is 227 Å². The van der Waals surface area contributed by atoms with Crippen molar-refractivity contribution in [3.05, 3.63) is 12.2 Å². The van der Waals surface area contributed by atoms with Crippen LogP contribution in [0.5, 0.6) is 0 Å². The molecule has 190 valence electrons. The van der Waals surface area contributed by atoms with Crippen molar-refractivity contribution in [2.24, 2.45) is 0 Å². The van der Waals surface area contributed by atoms with Gasteiger partial charge in [0.1, 0.15) is 0 Å². The molecule has 0 saturated heterocycles. The van der Waals surface area contributed by atoms with Gasteiger partial charge in [0.05, 0.1) is 10.1 Å². The predicted octanol–water partition coefficient (Wildman–Crippen LogP) is 3.98. The Morgan fingerprint density at radius 2 is 1.15 bits per heavy atom. The average Bonchev–Trinajstić information content (AvgIpc) is 2.74. The van der Waals surface area contributed by atoms with Crippen molar-refractivity contribution in [2.45, 2.75) is 129 Å².